The molecule has 0 unspecified atom stereocenters. The van der Waals surface area contributed by atoms with Gasteiger partial charge in [-0.15, -0.1) is 22.6 Å². The lowest BCUT2D eigenvalue weighted by molar-refractivity contribution is -0.131. The van der Waals surface area contributed by atoms with Gasteiger partial charge in [0.1, 0.15) is 17.2 Å². The Hall–Kier alpha value is -2.38. The van der Waals surface area contributed by atoms with E-state index in [0.717, 1.165) is 73.7 Å². The highest BCUT2D eigenvalue weighted by Gasteiger charge is 2.29. The number of halogens is 1. The molecule has 4 heterocycles. The van der Waals surface area contributed by atoms with E-state index in [1.54, 1.807) is 6.26 Å². The van der Waals surface area contributed by atoms with Crippen LogP contribution < -0.4 is 5.32 Å². The molecule has 1 fully saturated rings. The van der Waals surface area contributed by atoms with Gasteiger partial charge in [-0.1, -0.05) is 0 Å². The number of furan rings is 1. The van der Waals surface area contributed by atoms with E-state index in [4.69, 9.17) is 4.42 Å². The van der Waals surface area contributed by atoms with Gasteiger partial charge in [0.15, 0.2) is 0 Å². The van der Waals surface area contributed by atoms with Gasteiger partial charge in [-0.25, -0.2) is 0 Å². The average molecular weight is 430 g/mol. The Kier molecular flexibility index (Phi) is 5.84. The summed E-state index contributed by atoms with van der Waals surface area (Å²) in [5.41, 5.74) is 4.27. The van der Waals surface area contributed by atoms with Crippen molar-refractivity contribution in [1.29, 1.82) is 0 Å². The topological polar surface area (TPSA) is 76.2 Å². The van der Waals surface area contributed by atoms with Crippen molar-refractivity contribution in [2.24, 2.45) is 0 Å². The van der Waals surface area contributed by atoms with Crippen LogP contribution in [0.1, 0.15) is 47.1 Å². The molecule has 0 saturated carbocycles. The van der Waals surface area contributed by atoms with E-state index in [9.17, 15) is 4.79 Å². The fraction of sp³-hybridized carbons (Fsp3) is 0.500. The second-order valence-corrected chi connectivity index (χ2v) is 8.33. The van der Waals surface area contributed by atoms with E-state index in [1.807, 2.05) is 4.90 Å². The third-order valence-electron chi connectivity index (χ3n) is 6.48. The van der Waals surface area contributed by atoms with Crippen LogP contribution in [0.15, 0.2) is 22.8 Å². The lowest BCUT2D eigenvalue weighted by Crippen LogP contribution is -2.39. The van der Waals surface area contributed by atoms with Crippen molar-refractivity contribution in [3.63, 3.8) is 0 Å². The Balaban J connectivity index is 0.00000218. The Morgan fingerprint density at radius 2 is 1.93 bits per heavy atom. The van der Waals surface area contributed by atoms with Crippen LogP contribution in [0, 0.1) is 13.8 Å². The number of benzene rings is 1. The highest BCUT2D eigenvalue weighted by Crippen LogP contribution is 2.29. The van der Waals surface area contributed by atoms with Crippen LogP contribution in [-0.2, 0) is 24.3 Å². The second-order valence-electron chi connectivity index (χ2n) is 8.33. The summed E-state index contributed by atoms with van der Waals surface area (Å²) in [7, 11) is 0. The summed E-state index contributed by atoms with van der Waals surface area (Å²) < 4.78 is 7.96. The van der Waals surface area contributed by atoms with Gasteiger partial charge in [-0.05, 0) is 49.9 Å². The number of hydrogen-bond acceptors (Lipinski definition) is 5. The van der Waals surface area contributed by atoms with Crippen LogP contribution in [0.5, 0.6) is 0 Å². The summed E-state index contributed by atoms with van der Waals surface area (Å²) >= 11 is 0. The van der Waals surface area contributed by atoms with Crippen LogP contribution in [0.2, 0.25) is 0 Å². The SMILES string of the molecule is Cc1cc2occ(CC(=O)N3CCC(c4nnc5n4CCNC5)CC3)c2cc1C.Cl. The minimum atomic E-state index is 0. The minimum Gasteiger partial charge on any atom is -0.464 e. The molecular formula is C22H28ClN5O2. The Morgan fingerprint density at radius 3 is 2.73 bits per heavy atom. The zero-order valence-electron chi connectivity index (χ0n) is 17.5. The molecule has 2 aromatic heterocycles. The number of amides is 1. The molecule has 0 bridgehead atoms. The van der Waals surface area contributed by atoms with E-state index < -0.39 is 0 Å². The van der Waals surface area contributed by atoms with Gasteiger partial charge in [-0.2, -0.15) is 0 Å². The van der Waals surface area contributed by atoms with E-state index in [2.05, 4.69) is 46.1 Å². The van der Waals surface area contributed by atoms with Crippen molar-refractivity contribution < 1.29 is 9.21 Å². The molecule has 30 heavy (non-hydrogen) atoms. The Labute approximate surface area is 182 Å². The van der Waals surface area contributed by atoms with E-state index in [-0.39, 0.29) is 18.3 Å². The number of hydrogen-bond donors (Lipinski definition) is 1. The van der Waals surface area contributed by atoms with Crippen molar-refractivity contribution in [1.82, 2.24) is 25.0 Å². The monoisotopic (exact) mass is 429 g/mol. The van der Waals surface area contributed by atoms with Gasteiger partial charge in [0.05, 0.1) is 19.2 Å². The predicted molar refractivity (Wildman–Crippen MR) is 117 cm³/mol. The number of fused-ring (bicyclic) bond motifs is 2. The first kappa shape index (κ1) is 20.9. The predicted octanol–water partition coefficient (Wildman–Crippen LogP) is 3.11. The van der Waals surface area contributed by atoms with Crippen LogP contribution in [0.25, 0.3) is 11.0 Å². The van der Waals surface area contributed by atoms with Gasteiger partial charge in [0, 0.05) is 43.0 Å². The number of nitrogens with one attached hydrogen (secondary N) is 1. The summed E-state index contributed by atoms with van der Waals surface area (Å²) in [6.07, 6.45) is 4.03. The van der Waals surface area contributed by atoms with Gasteiger partial charge >= 0.3 is 0 Å². The summed E-state index contributed by atoms with van der Waals surface area (Å²) in [5, 5.41) is 13.2. The van der Waals surface area contributed by atoms with Gasteiger partial charge < -0.3 is 19.2 Å². The summed E-state index contributed by atoms with van der Waals surface area (Å²) in [4.78, 5) is 14.9. The van der Waals surface area contributed by atoms with Crippen LogP contribution in [0.4, 0.5) is 0 Å². The molecule has 2 aliphatic rings. The zero-order chi connectivity index (χ0) is 20.0. The Morgan fingerprint density at radius 1 is 1.17 bits per heavy atom. The first-order chi connectivity index (χ1) is 14.1. The van der Waals surface area contributed by atoms with Gasteiger partial charge in [-0.3, -0.25) is 4.79 Å². The molecule has 1 amide bonds. The number of carbonyl (C=O) groups is 1. The molecule has 5 rings (SSSR count). The number of likely N-dealkylation sites (tertiary alicyclic amines) is 1. The molecule has 1 N–H and O–H groups in total. The molecule has 3 aromatic rings. The quantitative estimate of drug-likeness (QED) is 0.692. The number of nitrogens with zero attached hydrogens (tertiary/aromatic N) is 4. The highest BCUT2D eigenvalue weighted by molar-refractivity contribution is 5.88. The first-order valence-corrected chi connectivity index (χ1v) is 10.5. The maximum atomic E-state index is 12.9. The van der Waals surface area contributed by atoms with Crippen LogP contribution in [0.3, 0.4) is 0 Å². The molecule has 0 spiro atoms. The summed E-state index contributed by atoms with van der Waals surface area (Å²) in [6.45, 7) is 8.42. The molecule has 8 heteroatoms. The molecule has 1 aromatic carbocycles. The maximum absolute atomic E-state index is 12.9. The molecule has 2 aliphatic heterocycles. The van der Waals surface area contributed by atoms with Gasteiger partial charge in [0.2, 0.25) is 5.91 Å². The van der Waals surface area contributed by atoms with Crippen molar-refractivity contribution in [2.75, 3.05) is 19.6 Å². The van der Waals surface area contributed by atoms with Crippen LogP contribution in [-0.4, -0.2) is 45.2 Å². The van der Waals surface area contributed by atoms with E-state index in [1.165, 1.54) is 11.1 Å². The highest BCUT2D eigenvalue weighted by atomic mass is 35.5. The third kappa shape index (κ3) is 3.72. The van der Waals surface area contributed by atoms with Crippen molar-refractivity contribution >= 4 is 29.3 Å². The lowest BCUT2D eigenvalue weighted by Gasteiger charge is -2.32. The number of aromatic nitrogens is 3. The van der Waals surface area contributed by atoms with E-state index in [0.29, 0.717) is 12.3 Å². The Bertz CT molecular complexity index is 1070. The molecule has 1 saturated heterocycles. The molecule has 0 aliphatic carbocycles. The standard InChI is InChI=1S/C22H27N5O2.ClH/c1-14-9-18-17(13-29-19(18)10-15(14)2)11-21(28)26-6-3-16(4-7-26)22-25-24-20-12-23-5-8-27(20)22;/h9-10,13,16,23H,3-8,11-12H2,1-2H3;1H. The van der Waals surface area contributed by atoms with Gasteiger partial charge in [0.25, 0.3) is 0 Å². The first-order valence-electron chi connectivity index (χ1n) is 10.5. The zero-order valence-corrected chi connectivity index (χ0v) is 18.3. The van der Waals surface area contributed by atoms with E-state index >= 15 is 0 Å². The third-order valence-corrected chi connectivity index (χ3v) is 6.48. The normalized spacial score (nSPS) is 17.1. The number of carbonyl (C=O) groups excluding carboxylic acids is 1. The largest absolute Gasteiger partial charge is 0.464 e. The molecule has 0 atom stereocenters. The maximum Gasteiger partial charge on any atom is 0.227 e. The van der Waals surface area contributed by atoms with Crippen molar-refractivity contribution in [3.05, 3.63) is 46.7 Å². The lowest BCUT2D eigenvalue weighted by atomic mass is 9.95. The molecule has 160 valence electrons. The summed E-state index contributed by atoms with van der Waals surface area (Å²) in [6, 6.07) is 4.19. The average Bonchev–Trinajstić information content (AvgIpc) is 3.33. The van der Waals surface area contributed by atoms with Crippen molar-refractivity contribution in [3.8, 4) is 0 Å². The number of piperidine rings is 1. The number of rotatable bonds is 3. The van der Waals surface area contributed by atoms with Crippen LogP contribution >= 0.6 is 12.4 Å². The fourth-order valence-electron chi connectivity index (χ4n) is 4.55. The smallest absolute Gasteiger partial charge is 0.227 e. The molecule has 0 radical (unpaired) electrons. The second kappa shape index (κ2) is 8.40. The summed E-state index contributed by atoms with van der Waals surface area (Å²) in [5.74, 6) is 2.69. The minimum absolute atomic E-state index is 0. The fourth-order valence-corrected chi connectivity index (χ4v) is 4.55. The number of aryl methyl sites for hydroxylation is 2. The van der Waals surface area contributed by atoms with Crippen molar-refractivity contribution in [2.45, 2.75) is 52.1 Å². The molecular weight excluding hydrogens is 402 g/mol. The molecule has 7 nitrogen and oxygen atoms in total.